The number of nitrogens with one attached hydrogen (secondary N) is 1. The van der Waals surface area contributed by atoms with E-state index in [0.29, 0.717) is 19.6 Å². The predicted octanol–water partition coefficient (Wildman–Crippen LogP) is 0.651. The van der Waals surface area contributed by atoms with Gasteiger partial charge in [-0.05, 0) is 12.8 Å². The molecule has 7 nitrogen and oxygen atoms in total. The molecule has 1 aliphatic carbocycles. The Morgan fingerprint density at radius 1 is 1.35 bits per heavy atom. The lowest BCUT2D eigenvalue weighted by Crippen LogP contribution is -2.41. The van der Waals surface area contributed by atoms with Gasteiger partial charge in [-0.15, -0.1) is 5.10 Å². The van der Waals surface area contributed by atoms with Gasteiger partial charge in [0.1, 0.15) is 0 Å². The van der Waals surface area contributed by atoms with E-state index in [9.17, 15) is 9.90 Å². The second kappa shape index (κ2) is 6.81. The molecule has 0 bridgehead atoms. The maximum absolute atomic E-state index is 10.7. The molecular weight excluding hydrogens is 260 g/mol. The van der Waals surface area contributed by atoms with Crippen molar-refractivity contribution in [3.63, 3.8) is 0 Å². The van der Waals surface area contributed by atoms with E-state index < -0.39 is 11.6 Å². The lowest BCUT2D eigenvalue weighted by molar-refractivity contribution is 0.0252. The summed E-state index contributed by atoms with van der Waals surface area (Å²) in [5.41, 5.74) is -0.641. The first-order valence-corrected chi connectivity index (χ1v) is 7.16. The molecule has 0 unspecified atom stereocenters. The molecule has 0 atom stereocenters. The normalized spacial score (nSPS) is 18.6. The van der Waals surface area contributed by atoms with Crippen LogP contribution < -0.4 is 5.32 Å². The highest BCUT2D eigenvalue weighted by atomic mass is 16.4. The molecule has 2 rings (SSSR count). The fourth-order valence-electron chi connectivity index (χ4n) is 2.58. The van der Waals surface area contributed by atoms with Crippen LogP contribution in [0.5, 0.6) is 0 Å². The SMILES string of the molecule is O=C(O)c1cn(CCNCC2(O)CCCCCC2)nn1. The first-order valence-electron chi connectivity index (χ1n) is 7.16. The zero-order valence-corrected chi connectivity index (χ0v) is 11.6. The molecule has 20 heavy (non-hydrogen) atoms. The van der Waals surface area contributed by atoms with E-state index in [4.69, 9.17) is 5.11 Å². The molecule has 0 aromatic carbocycles. The Hall–Kier alpha value is -1.47. The van der Waals surface area contributed by atoms with Crippen LogP contribution in [0.4, 0.5) is 0 Å². The lowest BCUT2D eigenvalue weighted by Gasteiger charge is -2.26. The molecule has 0 amide bonds. The molecule has 3 N–H and O–H groups in total. The summed E-state index contributed by atoms with van der Waals surface area (Å²) < 4.78 is 1.49. The van der Waals surface area contributed by atoms with E-state index in [1.165, 1.54) is 23.7 Å². The van der Waals surface area contributed by atoms with E-state index >= 15 is 0 Å². The van der Waals surface area contributed by atoms with Crippen LogP contribution in [0.15, 0.2) is 6.20 Å². The summed E-state index contributed by atoms with van der Waals surface area (Å²) in [5.74, 6) is -1.07. The second-order valence-electron chi connectivity index (χ2n) is 5.49. The minimum absolute atomic E-state index is 0.0487. The van der Waals surface area contributed by atoms with Gasteiger partial charge >= 0.3 is 5.97 Å². The standard InChI is InChI=1S/C13H22N4O3/c18-12(19)11-9-17(16-15-11)8-7-14-10-13(20)5-3-1-2-4-6-13/h9,14,20H,1-8,10H2,(H,18,19). The van der Waals surface area contributed by atoms with Crippen molar-refractivity contribution in [3.8, 4) is 0 Å². The first-order chi connectivity index (χ1) is 9.59. The van der Waals surface area contributed by atoms with Crippen molar-refractivity contribution in [1.82, 2.24) is 20.3 Å². The van der Waals surface area contributed by atoms with Gasteiger partial charge in [0.15, 0.2) is 5.69 Å². The monoisotopic (exact) mass is 282 g/mol. The number of carbonyl (C=O) groups is 1. The van der Waals surface area contributed by atoms with Gasteiger partial charge in [-0.2, -0.15) is 0 Å². The minimum Gasteiger partial charge on any atom is -0.476 e. The Kier molecular flexibility index (Phi) is 5.08. The van der Waals surface area contributed by atoms with Crippen LogP contribution >= 0.6 is 0 Å². The first kappa shape index (κ1) is 14.9. The number of hydrogen-bond donors (Lipinski definition) is 3. The van der Waals surface area contributed by atoms with Crippen LogP contribution in [0.3, 0.4) is 0 Å². The number of carboxylic acids is 1. The summed E-state index contributed by atoms with van der Waals surface area (Å²) in [4.78, 5) is 10.7. The molecule has 1 aromatic heterocycles. The molecule has 0 aliphatic heterocycles. The lowest BCUT2D eigenvalue weighted by atomic mass is 9.94. The van der Waals surface area contributed by atoms with Crippen molar-refractivity contribution >= 4 is 5.97 Å². The summed E-state index contributed by atoms with van der Waals surface area (Å²) in [7, 11) is 0. The summed E-state index contributed by atoms with van der Waals surface area (Å²) >= 11 is 0. The van der Waals surface area contributed by atoms with Crippen LogP contribution in [0.25, 0.3) is 0 Å². The van der Waals surface area contributed by atoms with E-state index in [1.54, 1.807) is 0 Å². The van der Waals surface area contributed by atoms with E-state index in [0.717, 1.165) is 25.7 Å². The Morgan fingerprint density at radius 3 is 2.65 bits per heavy atom. The molecule has 0 radical (unpaired) electrons. The number of rotatable bonds is 6. The third-order valence-corrected chi connectivity index (χ3v) is 3.76. The van der Waals surface area contributed by atoms with Crippen molar-refractivity contribution in [2.75, 3.05) is 13.1 Å². The molecule has 0 spiro atoms. The zero-order valence-electron chi connectivity index (χ0n) is 11.6. The molecule has 1 aliphatic rings. The molecule has 0 saturated heterocycles. The molecule has 1 heterocycles. The maximum Gasteiger partial charge on any atom is 0.358 e. The van der Waals surface area contributed by atoms with Crippen molar-refractivity contribution in [1.29, 1.82) is 0 Å². The van der Waals surface area contributed by atoms with Crippen LogP contribution in [0.2, 0.25) is 0 Å². The van der Waals surface area contributed by atoms with Crippen molar-refractivity contribution in [3.05, 3.63) is 11.9 Å². The summed E-state index contributed by atoms with van der Waals surface area (Å²) in [5, 5.41) is 29.7. The van der Waals surface area contributed by atoms with Crippen molar-refractivity contribution in [2.24, 2.45) is 0 Å². The molecule has 1 saturated carbocycles. The van der Waals surface area contributed by atoms with Gasteiger partial charge in [-0.25, -0.2) is 4.79 Å². The summed E-state index contributed by atoms with van der Waals surface area (Å²) in [6.07, 6.45) is 7.70. The fourth-order valence-corrected chi connectivity index (χ4v) is 2.58. The van der Waals surface area contributed by atoms with Gasteiger partial charge in [-0.1, -0.05) is 30.9 Å². The Balaban J connectivity index is 1.71. The molecule has 1 fully saturated rings. The van der Waals surface area contributed by atoms with Gasteiger partial charge in [-0.3, -0.25) is 4.68 Å². The van der Waals surface area contributed by atoms with Gasteiger partial charge in [0.2, 0.25) is 0 Å². The van der Waals surface area contributed by atoms with Crippen LogP contribution in [-0.2, 0) is 6.54 Å². The van der Waals surface area contributed by atoms with Gasteiger partial charge in [0, 0.05) is 13.1 Å². The molecule has 7 heteroatoms. The van der Waals surface area contributed by atoms with Gasteiger partial charge in [0.25, 0.3) is 0 Å². The number of carboxylic acid groups (broad SMARTS) is 1. The van der Waals surface area contributed by atoms with Gasteiger partial charge < -0.3 is 15.5 Å². The average molecular weight is 282 g/mol. The Morgan fingerprint density at radius 2 is 2.05 bits per heavy atom. The highest BCUT2D eigenvalue weighted by Crippen LogP contribution is 2.26. The highest BCUT2D eigenvalue weighted by molar-refractivity contribution is 5.84. The fraction of sp³-hybridized carbons (Fsp3) is 0.769. The average Bonchev–Trinajstić information content (AvgIpc) is 2.78. The quantitative estimate of drug-likeness (QED) is 0.523. The van der Waals surface area contributed by atoms with Gasteiger partial charge in [0.05, 0.1) is 18.3 Å². The topological polar surface area (TPSA) is 100 Å². The third-order valence-electron chi connectivity index (χ3n) is 3.76. The summed E-state index contributed by atoms with van der Waals surface area (Å²) in [6, 6.07) is 0. The Labute approximate surface area is 118 Å². The van der Waals surface area contributed by atoms with Crippen LogP contribution in [-0.4, -0.2) is 49.9 Å². The van der Waals surface area contributed by atoms with E-state index in [-0.39, 0.29) is 5.69 Å². The highest BCUT2D eigenvalue weighted by Gasteiger charge is 2.27. The summed E-state index contributed by atoms with van der Waals surface area (Å²) in [6.45, 7) is 1.74. The second-order valence-corrected chi connectivity index (χ2v) is 5.49. The number of aliphatic hydroxyl groups is 1. The van der Waals surface area contributed by atoms with Crippen LogP contribution in [0, 0.1) is 0 Å². The minimum atomic E-state index is -1.07. The molecule has 1 aromatic rings. The largest absolute Gasteiger partial charge is 0.476 e. The van der Waals surface area contributed by atoms with Crippen molar-refractivity contribution in [2.45, 2.75) is 50.7 Å². The maximum atomic E-state index is 10.7. The van der Waals surface area contributed by atoms with Crippen LogP contribution in [0.1, 0.15) is 49.0 Å². The molecular formula is C13H22N4O3. The number of aromatic carboxylic acids is 1. The number of aromatic nitrogens is 3. The molecule has 112 valence electrons. The Bertz CT molecular complexity index is 439. The zero-order chi connectivity index (χ0) is 14.4. The van der Waals surface area contributed by atoms with Crippen molar-refractivity contribution < 1.29 is 15.0 Å². The number of hydrogen-bond acceptors (Lipinski definition) is 5. The smallest absolute Gasteiger partial charge is 0.358 e. The van der Waals surface area contributed by atoms with E-state index in [1.807, 2.05) is 0 Å². The number of nitrogens with zero attached hydrogens (tertiary/aromatic N) is 3. The van der Waals surface area contributed by atoms with E-state index in [2.05, 4.69) is 15.6 Å². The predicted molar refractivity (Wildman–Crippen MR) is 72.5 cm³/mol. The third kappa shape index (κ3) is 4.28.